The first-order valence-corrected chi connectivity index (χ1v) is 14.6. The van der Waals surface area contributed by atoms with Gasteiger partial charge in [-0.05, 0) is 113 Å². The first-order valence-electron chi connectivity index (χ1n) is 13.8. The third-order valence-corrected chi connectivity index (χ3v) is 9.91. The van der Waals surface area contributed by atoms with Crippen LogP contribution >= 0.6 is 11.3 Å². The van der Waals surface area contributed by atoms with Crippen LogP contribution in [0.5, 0.6) is 11.5 Å². The Morgan fingerprint density at radius 1 is 0.341 bits per heavy atom. The SMILES string of the molecule is COc1ccc2c(c1)c1ccccc1c1cc3c(cc21)sc1cc2c4ccc(OC)cc4c4ccccc4c2cc13. The van der Waals surface area contributed by atoms with Crippen LogP contribution in [-0.2, 0) is 0 Å². The van der Waals surface area contributed by atoms with Crippen LogP contribution in [0, 0.1) is 0 Å². The standard InChI is InChI=1S/C38H24O2S/c1-39-21-11-13-27-29(15-21)23-7-3-5-9-25(23)31-17-35-36-18-32-26-10-6-4-8-24(26)30-16-22(40-2)12-14-28(30)34(32)20-38(36)41-37(35)19-33(27)31/h3-20H,1-2H3. The average Bonchev–Trinajstić information content (AvgIpc) is 3.39. The van der Waals surface area contributed by atoms with Crippen LogP contribution in [0.4, 0.5) is 0 Å². The van der Waals surface area contributed by atoms with Crippen molar-refractivity contribution in [2.75, 3.05) is 14.2 Å². The smallest absolute Gasteiger partial charge is 0.119 e. The first kappa shape index (κ1) is 22.9. The van der Waals surface area contributed by atoms with Gasteiger partial charge in [-0.2, -0.15) is 0 Å². The second-order valence-corrected chi connectivity index (χ2v) is 11.9. The molecule has 0 aliphatic rings. The maximum atomic E-state index is 5.60. The Labute approximate surface area is 239 Å². The monoisotopic (exact) mass is 544 g/mol. The molecule has 1 heterocycles. The molecule has 9 aromatic rings. The first-order chi connectivity index (χ1) is 20.2. The van der Waals surface area contributed by atoms with Crippen LogP contribution in [-0.4, -0.2) is 14.2 Å². The minimum atomic E-state index is 0.883. The minimum absolute atomic E-state index is 0.883. The number of fused-ring (bicyclic) bond motifs is 15. The molecule has 2 nitrogen and oxygen atoms in total. The van der Waals surface area contributed by atoms with E-state index in [2.05, 4.69) is 109 Å². The lowest BCUT2D eigenvalue weighted by molar-refractivity contribution is 0.415. The molecular formula is C38H24O2S. The zero-order valence-corrected chi connectivity index (χ0v) is 23.4. The summed E-state index contributed by atoms with van der Waals surface area (Å²) in [6.45, 7) is 0. The summed E-state index contributed by atoms with van der Waals surface area (Å²) in [5, 5.41) is 17.8. The maximum absolute atomic E-state index is 5.60. The number of rotatable bonds is 2. The lowest BCUT2D eigenvalue weighted by atomic mass is 9.92. The van der Waals surface area contributed by atoms with Gasteiger partial charge in [-0.25, -0.2) is 0 Å². The summed E-state index contributed by atoms with van der Waals surface area (Å²) >= 11 is 1.89. The maximum Gasteiger partial charge on any atom is 0.119 e. The predicted molar refractivity (Wildman–Crippen MR) is 177 cm³/mol. The van der Waals surface area contributed by atoms with Gasteiger partial charge in [0.2, 0.25) is 0 Å². The molecule has 1 aromatic heterocycles. The van der Waals surface area contributed by atoms with Crippen molar-refractivity contribution in [1.29, 1.82) is 0 Å². The molecule has 8 aromatic carbocycles. The van der Waals surface area contributed by atoms with Crippen molar-refractivity contribution in [3.05, 3.63) is 109 Å². The van der Waals surface area contributed by atoms with Gasteiger partial charge in [-0.1, -0.05) is 60.7 Å². The van der Waals surface area contributed by atoms with Crippen LogP contribution in [0.25, 0.3) is 84.8 Å². The highest BCUT2D eigenvalue weighted by molar-refractivity contribution is 7.26. The summed E-state index contributed by atoms with van der Waals surface area (Å²) in [7, 11) is 3.47. The van der Waals surface area contributed by atoms with E-state index in [1.165, 1.54) is 84.8 Å². The van der Waals surface area contributed by atoms with Crippen LogP contribution in [0.15, 0.2) is 109 Å². The third-order valence-electron chi connectivity index (χ3n) is 8.80. The third kappa shape index (κ3) is 3.12. The topological polar surface area (TPSA) is 18.5 Å². The van der Waals surface area contributed by atoms with E-state index in [-0.39, 0.29) is 0 Å². The molecule has 0 aliphatic carbocycles. The Bertz CT molecular complexity index is 2380. The van der Waals surface area contributed by atoms with Crippen molar-refractivity contribution < 1.29 is 9.47 Å². The van der Waals surface area contributed by atoms with E-state index in [0.717, 1.165) is 11.5 Å². The molecule has 0 bridgehead atoms. The Morgan fingerprint density at radius 3 is 1.07 bits per heavy atom. The summed E-state index contributed by atoms with van der Waals surface area (Å²) in [5.74, 6) is 1.77. The van der Waals surface area contributed by atoms with Crippen molar-refractivity contribution in [1.82, 2.24) is 0 Å². The fourth-order valence-electron chi connectivity index (χ4n) is 6.88. The van der Waals surface area contributed by atoms with Gasteiger partial charge < -0.3 is 9.47 Å². The highest BCUT2D eigenvalue weighted by Crippen LogP contribution is 2.45. The zero-order valence-electron chi connectivity index (χ0n) is 22.6. The van der Waals surface area contributed by atoms with Gasteiger partial charge in [0.15, 0.2) is 0 Å². The van der Waals surface area contributed by atoms with Crippen LogP contribution in [0.2, 0.25) is 0 Å². The minimum Gasteiger partial charge on any atom is -0.497 e. The lowest BCUT2D eigenvalue weighted by Gasteiger charge is -2.12. The van der Waals surface area contributed by atoms with E-state index in [1.807, 2.05) is 11.3 Å². The predicted octanol–water partition coefficient (Wildman–Crippen LogP) is 11.0. The number of benzene rings is 8. The van der Waals surface area contributed by atoms with Crippen molar-refractivity contribution >= 4 is 96.1 Å². The van der Waals surface area contributed by atoms with Crippen molar-refractivity contribution in [3.63, 3.8) is 0 Å². The Kier molecular flexibility index (Phi) is 4.65. The van der Waals surface area contributed by atoms with E-state index in [1.54, 1.807) is 14.2 Å². The van der Waals surface area contributed by atoms with Crippen LogP contribution in [0.3, 0.4) is 0 Å². The average molecular weight is 545 g/mol. The number of methoxy groups -OCH3 is 2. The lowest BCUT2D eigenvalue weighted by Crippen LogP contribution is -1.87. The van der Waals surface area contributed by atoms with Crippen molar-refractivity contribution in [3.8, 4) is 11.5 Å². The van der Waals surface area contributed by atoms with Crippen molar-refractivity contribution in [2.45, 2.75) is 0 Å². The summed E-state index contributed by atoms with van der Waals surface area (Å²) in [6.07, 6.45) is 0. The second kappa shape index (κ2) is 8.33. The summed E-state index contributed by atoms with van der Waals surface area (Å²) in [6, 6.07) is 40.1. The Balaban J connectivity index is 1.45. The van der Waals surface area contributed by atoms with Crippen LogP contribution < -0.4 is 9.47 Å². The molecule has 0 aliphatic heterocycles. The molecule has 0 saturated heterocycles. The van der Waals surface area contributed by atoms with Gasteiger partial charge >= 0.3 is 0 Å². The van der Waals surface area contributed by atoms with Gasteiger partial charge in [-0.3, -0.25) is 0 Å². The molecule has 9 rings (SSSR count). The summed E-state index contributed by atoms with van der Waals surface area (Å²) in [5.41, 5.74) is 0. The number of hydrogen-bond donors (Lipinski definition) is 0. The molecule has 0 N–H and O–H groups in total. The number of thiophene rings is 1. The Morgan fingerprint density at radius 2 is 0.683 bits per heavy atom. The molecule has 41 heavy (non-hydrogen) atoms. The van der Waals surface area contributed by atoms with E-state index >= 15 is 0 Å². The molecule has 0 spiro atoms. The molecule has 0 radical (unpaired) electrons. The van der Waals surface area contributed by atoms with E-state index in [9.17, 15) is 0 Å². The fraction of sp³-hybridized carbons (Fsp3) is 0.0526. The molecule has 0 saturated carbocycles. The quantitative estimate of drug-likeness (QED) is 0.202. The number of ether oxygens (including phenoxy) is 2. The molecule has 0 amide bonds. The number of hydrogen-bond acceptors (Lipinski definition) is 3. The molecule has 0 unspecified atom stereocenters. The van der Waals surface area contributed by atoms with Gasteiger partial charge in [-0.15, -0.1) is 11.3 Å². The highest BCUT2D eigenvalue weighted by Gasteiger charge is 2.16. The van der Waals surface area contributed by atoms with Gasteiger partial charge in [0.25, 0.3) is 0 Å². The molecule has 3 heteroatoms. The highest BCUT2D eigenvalue weighted by atomic mass is 32.1. The molecule has 0 atom stereocenters. The second-order valence-electron chi connectivity index (χ2n) is 10.8. The van der Waals surface area contributed by atoms with E-state index in [4.69, 9.17) is 9.47 Å². The molecular weight excluding hydrogens is 520 g/mol. The van der Waals surface area contributed by atoms with E-state index in [0.29, 0.717) is 0 Å². The van der Waals surface area contributed by atoms with Crippen molar-refractivity contribution in [2.24, 2.45) is 0 Å². The van der Waals surface area contributed by atoms with E-state index < -0.39 is 0 Å². The normalized spacial score (nSPS) is 12.1. The largest absolute Gasteiger partial charge is 0.497 e. The van der Waals surface area contributed by atoms with Gasteiger partial charge in [0, 0.05) is 20.2 Å². The van der Waals surface area contributed by atoms with Crippen LogP contribution in [0.1, 0.15) is 0 Å². The van der Waals surface area contributed by atoms with Gasteiger partial charge in [0.05, 0.1) is 14.2 Å². The Hall–Kier alpha value is -4.86. The fourth-order valence-corrected chi connectivity index (χ4v) is 8.03. The zero-order chi connectivity index (χ0) is 27.2. The molecule has 194 valence electrons. The van der Waals surface area contributed by atoms with Gasteiger partial charge in [0.1, 0.15) is 11.5 Å². The molecule has 0 fully saturated rings. The summed E-state index contributed by atoms with van der Waals surface area (Å²) < 4.78 is 13.8. The summed E-state index contributed by atoms with van der Waals surface area (Å²) in [4.78, 5) is 0.